The van der Waals surface area contributed by atoms with Crippen molar-refractivity contribution >= 4 is 22.9 Å². The lowest BCUT2D eigenvalue weighted by Gasteiger charge is -2.17. The highest BCUT2D eigenvalue weighted by molar-refractivity contribution is 5.85. The fraction of sp³-hybridized carbons (Fsp3) is 0.250. The molecule has 2 aromatic carbocycles. The molecule has 5 rings (SSSR count). The zero-order valence-electron chi connectivity index (χ0n) is 18.4. The van der Waals surface area contributed by atoms with Gasteiger partial charge in [0.2, 0.25) is 0 Å². The van der Waals surface area contributed by atoms with Crippen molar-refractivity contribution in [3.05, 3.63) is 72.6 Å². The number of aliphatic hydroxyl groups is 2. The molecule has 4 atom stereocenters. The molecule has 0 saturated carbocycles. The molecule has 1 aliphatic heterocycles. The Bertz CT molecular complexity index is 1300. The summed E-state index contributed by atoms with van der Waals surface area (Å²) < 4.78 is 7.26. The zero-order valence-corrected chi connectivity index (χ0v) is 18.4. The number of carbonyl (C=O) groups excluding carboxylic acids is 1. The van der Waals surface area contributed by atoms with Crippen molar-refractivity contribution in [2.45, 2.75) is 31.1 Å². The Hall–Kier alpha value is -3.86. The predicted molar refractivity (Wildman–Crippen MR) is 125 cm³/mol. The van der Waals surface area contributed by atoms with Gasteiger partial charge in [-0.05, 0) is 5.56 Å². The first-order valence-electron chi connectivity index (χ1n) is 10.9. The SMILES string of the molecule is CNC(=O)[C@@H]1OC(n2cnc3c(NCc4ccccc4)nc(-c4ccccc4)nc32)C(O)C1O. The summed E-state index contributed by atoms with van der Waals surface area (Å²) in [7, 11) is 1.44. The maximum atomic E-state index is 12.1. The van der Waals surface area contributed by atoms with E-state index in [4.69, 9.17) is 14.7 Å². The molecule has 1 aliphatic rings. The summed E-state index contributed by atoms with van der Waals surface area (Å²) in [4.78, 5) is 25.9. The third kappa shape index (κ3) is 3.98. The minimum absolute atomic E-state index is 0.401. The number of anilines is 1. The number of hydrogen-bond acceptors (Lipinski definition) is 8. The topological polar surface area (TPSA) is 134 Å². The number of ether oxygens (including phenoxy) is 1. The van der Waals surface area contributed by atoms with Crippen molar-refractivity contribution in [1.29, 1.82) is 0 Å². The van der Waals surface area contributed by atoms with Crippen LogP contribution in [0.5, 0.6) is 0 Å². The average Bonchev–Trinajstić information content (AvgIpc) is 3.44. The van der Waals surface area contributed by atoms with Crippen LogP contribution in [-0.2, 0) is 16.1 Å². The van der Waals surface area contributed by atoms with Gasteiger partial charge in [-0.3, -0.25) is 9.36 Å². The molecule has 10 heteroatoms. The van der Waals surface area contributed by atoms with Crippen LogP contribution < -0.4 is 10.6 Å². The van der Waals surface area contributed by atoms with Crippen LogP contribution in [0.15, 0.2) is 67.0 Å². The Morgan fingerprint density at radius 1 is 1.03 bits per heavy atom. The van der Waals surface area contributed by atoms with Gasteiger partial charge >= 0.3 is 0 Å². The Balaban J connectivity index is 1.57. The summed E-state index contributed by atoms with van der Waals surface area (Å²) in [5.41, 5.74) is 2.75. The van der Waals surface area contributed by atoms with Gasteiger partial charge in [0.1, 0.15) is 12.2 Å². The first kappa shape index (κ1) is 22.0. The van der Waals surface area contributed by atoms with Gasteiger partial charge in [-0.15, -0.1) is 0 Å². The summed E-state index contributed by atoms with van der Waals surface area (Å²) in [5, 5.41) is 26.8. The monoisotopic (exact) mass is 460 g/mol. The second-order valence-electron chi connectivity index (χ2n) is 7.97. The summed E-state index contributed by atoms with van der Waals surface area (Å²) in [6, 6.07) is 19.4. The molecule has 3 unspecified atom stereocenters. The number of hydrogen-bond donors (Lipinski definition) is 4. The second-order valence-corrected chi connectivity index (χ2v) is 7.97. The van der Waals surface area contributed by atoms with Gasteiger partial charge in [0.05, 0.1) is 6.33 Å². The molecule has 174 valence electrons. The quantitative estimate of drug-likeness (QED) is 0.340. The molecular weight excluding hydrogens is 436 g/mol. The standard InChI is InChI=1S/C24H24N6O4/c1-25-23(33)19-17(31)18(32)24(34-19)30-13-27-16-21(26-12-14-8-4-2-5-9-14)28-20(29-22(16)30)15-10-6-3-7-11-15/h2-11,13,17-19,24,31-32H,12H2,1H3,(H,25,33)(H,26,28,29)/t17?,18?,19-,24?/m1/s1. The molecule has 1 fully saturated rings. The lowest BCUT2D eigenvalue weighted by Crippen LogP contribution is -2.41. The van der Waals surface area contributed by atoms with Gasteiger partial charge < -0.3 is 25.6 Å². The van der Waals surface area contributed by atoms with Crippen molar-refractivity contribution in [1.82, 2.24) is 24.8 Å². The number of aromatic nitrogens is 4. The number of nitrogens with one attached hydrogen (secondary N) is 2. The van der Waals surface area contributed by atoms with Crippen molar-refractivity contribution in [3.63, 3.8) is 0 Å². The first-order chi connectivity index (χ1) is 16.6. The van der Waals surface area contributed by atoms with E-state index in [1.165, 1.54) is 17.9 Å². The molecule has 3 heterocycles. The third-order valence-corrected chi connectivity index (χ3v) is 5.77. The fourth-order valence-corrected chi connectivity index (χ4v) is 3.97. The van der Waals surface area contributed by atoms with Gasteiger partial charge in [0.15, 0.2) is 35.1 Å². The van der Waals surface area contributed by atoms with Crippen molar-refractivity contribution in [2.24, 2.45) is 0 Å². The summed E-state index contributed by atoms with van der Waals surface area (Å²) >= 11 is 0. The number of likely N-dealkylation sites (N-methyl/N-ethyl adjacent to an activating group) is 1. The van der Waals surface area contributed by atoms with E-state index in [1.807, 2.05) is 60.7 Å². The number of nitrogens with zero attached hydrogens (tertiary/aromatic N) is 4. The van der Waals surface area contributed by atoms with Crippen LogP contribution in [0.3, 0.4) is 0 Å². The molecule has 4 aromatic rings. The Kier molecular flexibility index (Phi) is 5.93. The highest BCUT2D eigenvalue weighted by atomic mass is 16.6. The summed E-state index contributed by atoms with van der Waals surface area (Å²) in [6.45, 7) is 0.522. The molecule has 34 heavy (non-hydrogen) atoms. The number of imidazole rings is 1. The van der Waals surface area contributed by atoms with Crippen LogP contribution in [0.4, 0.5) is 5.82 Å². The summed E-state index contributed by atoms with van der Waals surface area (Å²) in [6.07, 6.45) is -3.55. The average molecular weight is 460 g/mol. The number of amides is 1. The highest BCUT2D eigenvalue weighted by Gasteiger charge is 2.47. The molecule has 0 spiro atoms. The molecule has 0 aliphatic carbocycles. The smallest absolute Gasteiger partial charge is 0.251 e. The maximum absolute atomic E-state index is 12.1. The van der Waals surface area contributed by atoms with E-state index in [1.54, 1.807) is 0 Å². The highest BCUT2D eigenvalue weighted by Crippen LogP contribution is 2.33. The van der Waals surface area contributed by atoms with Gasteiger partial charge in [-0.25, -0.2) is 15.0 Å². The van der Waals surface area contributed by atoms with Crippen LogP contribution >= 0.6 is 0 Å². The van der Waals surface area contributed by atoms with Gasteiger partial charge in [-0.2, -0.15) is 0 Å². The molecule has 2 aromatic heterocycles. The summed E-state index contributed by atoms with van der Waals surface area (Å²) in [5.74, 6) is 0.451. The van der Waals surface area contributed by atoms with Crippen LogP contribution in [0, 0.1) is 0 Å². The van der Waals surface area contributed by atoms with Crippen molar-refractivity contribution in [2.75, 3.05) is 12.4 Å². The minimum Gasteiger partial charge on any atom is -0.387 e. The number of rotatable bonds is 6. The lowest BCUT2D eigenvalue weighted by atomic mass is 10.1. The Morgan fingerprint density at radius 3 is 2.44 bits per heavy atom. The van der Waals surface area contributed by atoms with Crippen LogP contribution in [0.1, 0.15) is 11.8 Å². The molecule has 1 amide bonds. The Labute approximate surface area is 195 Å². The van der Waals surface area contributed by atoms with E-state index < -0.39 is 30.4 Å². The van der Waals surface area contributed by atoms with E-state index in [9.17, 15) is 15.0 Å². The molecular formula is C24H24N6O4. The van der Waals surface area contributed by atoms with E-state index in [0.29, 0.717) is 29.4 Å². The van der Waals surface area contributed by atoms with Crippen LogP contribution in [0.2, 0.25) is 0 Å². The number of aliphatic hydroxyl groups excluding tert-OH is 2. The van der Waals surface area contributed by atoms with E-state index in [-0.39, 0.29) is 0 Å². The molecule has 1 saturated heterocycles. The fourth-order valence-electron chi connectivity index (χ4n) is 3.97. The lowest BCUT2D eigenvalue weighted by molar-refractivity contribution is -0.137. The van der Waals surface area contributed by atoms with Gasteiger partial charge in [0, 0.05) is 19.2 Å². The Morgan fingerprint density at radius 2 is 1.74 bits per heavy atom. The van der Waals surface area contributed by atoms with Crippen molar-refractivity contribution < 1.29 is 19.7 Å². The van der Waals surface area contributed by atoms with Crippen LogP contribution in [0.25, 0.3) is 22.6 Å². The van der Waals surface area contributed by atoms with E-state index >= 15 is 0 Å². The normalized spacial score (nSPS) is 22.1. The van der Waals surface area contributed by atoms with Gasteiger partial charge in [-0.1, -0.05) is 60.7 Å². The predicted octanol–water partition coefficient (Wildman–Crippen LogP) is 1.47. The largest absolute Gasteiger partial charge is 0.387 e. The third-order valence-electron chi connectivity index (χ3n) is 5.77. The molecule has 10 nitrogen and oxygen atoms in total. The number of fused-ring (bicyclic) bond motifs is 1. The van der Waals surface area contributed by atoms with E-state index in [2.05, 4.69) is 15.6 Å². The number of benzene rings is 2. The molecule has 0 bridgehead atoms. The maximum Gasteiger partial charge on any atom is 0.251 e. The second kappa shape index (κ2) is 9.18. The minimum atomic E-state index is -1.39. The zero-order chi connectivity index (χ0) is 23.7. The molecule has 0 radical (unpaired) electrons. The van der Waals surface area contributed by atoms with Crippen LogP contribution in [-0.4, -0.2) is 61.0 Å². The first-order valence-corrected chi connectivity index (χ1v) is 10.9. The molecule has 4 N–H and O–H groups in total. The number of carbonyl (C=O) groups is 1. The van der Waals surface area contributed by atoms with Gasteiger partial charge in [0.25, 0.3) is 5.91 Å². The van der Waals surface area contributed by atoms with E-state index in [0.717, 1.165) is 11.1 Å². The van der Waals surface area contributed by atoms with Crippen molar-refractivity contribution in [3.8, 4) is 11.4 Å².